The van der Waals surface area contributed by atoms with Gasteiger partial charge in [0.15, 0.2) is 0 Å². The molecule has 6 heteroatoms. The average molecular weight is 400 g/mol. The molecule has 0 fully saturated rings. The van der Waals surface area contributed by atoms with E-state index in [1.54, 1.807) is 6.08 Å². The van der Waals surface area contributed by atoms with Gasteiger partial charge < -0.3 is 14.5 Å². The van der Waals surface area contributed by atoms with E-state index >= 15 is 0 Å². The first kappa shape index (κ1) is 17.2. The Balaban J connectivity index is 1.56. The standard InChI is InChI=1S/C19H18BrN3O2/c1-2-25-17-7-3-14(4-8-17)5-10-19(24)21-11-16-13-23-12-15(20)6-9-18(23)22-16/h3-10,12-13H,2,11H2,1H3,(H,21,24)/b10-5+. The van der Waals surface area contributed by atoms with Crippen molar-refractivity contribution in [2.24, 2.45) is 0 Å². The zero-order chi connectivity index (χ0) is 17.6. The number of amides is 1. The Morgan fingerprint density at radius 1 is 1.24 bits per heavy atom. The van der Waals surface area contributed by atoms with Crippen molar-refractivity contribution in [2.45, 2.75) is 13.5 Å². The summed E-state index contributed by atoms with van der Waals surface area (Å²) in [4.78, 5) is 16.4. The Morgan fingerprint density at radius 2 is 2.04 bits per heavy atom. The van der Waals surface area contributed by atoms with E-state index < -0.39 is 0 Å². The molecule has 3 aromatic rings. The Morgan fingerprint density at radius 3 is 2.80 bits per heavy atom. The van der Waals surface area contributed by atoms with Gasteiger partial charge in [0.25, 0.3) is 0 Å². The largest absolute Gasteiger partial charge is 0.494 e. The van der Waals surface area contributed by atoms with Crippen LogP contribution >= 0.6 is 15.9 Å². The van der Waals surface area contributed by atoms with Crippen LogP contribution in [0.15, 0.2) is 59.3 Å². The van der Waals surface area contributed by atoms with E-state index in [4.69, 9.17) is 4.74 Å². The molecule has 0 spiro atoms. The number of carbonyl (C=O) groups is 1. The van der Waals surface area contributed by atoms with Gasteiger partial charge in [-0.3, -0.25) is 4.79 Å². The summed E-state index contributed by atoms with van der Waals surface area (Å²) in [6.07, 6.45) is 7.12. The summed E-state index contributed by atoms with van der Waals surface area (Å²) in [5.74, 6) is 0.662. The second-order valence-corrected chi connectivity index (χ2v) is 6.31. The summed E-state index contributed by atoms with van der Waals surface area (Å²) < 4.78 is 8.29. The fourth-order valence-electron chi connectivity index (χ4n) is 2.35. The quantitative estimate of drug-likeness (QED) is 0.640. The van der Waals surface area contributed by atoms with Gasteiger partial charge in [-0.25, -0.2) is 4.98 Å². The van der Waals surface area contributed by atoms with Crippen LogP contribution in [0.4, 0.5) is 0 Å². The molecule has 0 aliphatic rings. The lowest BCUT2D eigenvalue weighted by molar-refractivity contribution is -0.116. The van der Waals surface area contributed by atoms with Crippen LogP contribution < -0.4 is 10.1 Å². The van der Waals surface area contributed by atoms with E-state index in [0.29, 0.717) is 13.2 Å². The first-order chi connectivity index (χ1) is 12.1. The number of rotatable bonds is 6. The number of imidazole rings is 1. The predicted molar refractivity (Wildman–Crippen MR) is 101 cm³/mol. The van der Waals surface area contributed by atoms with Crippen molar-refractivity contribution in [2.75, 3.05) is 6.61 Å². The second-order valence-electron chi connectivity index (χ2n) is 5.40. The first-order valence-corrected chi connectivity index (χ1v) is 8.75. The maximum Gasteiger partial charge on any atom is 0.244 e. The van der Waals surface area contributed by atoms with Crippen molar-refractivity contribution in [3.05, 3.63) is 70.6 Å². The van der Waals surface area contributed by atoms with Crippen LogP contribution in [0.25, 0.3) is 11.7 Å². The Kier molecular flexibility index (Phi) is 5.50. The first-order valence-electron chi connectivity index (χ1n) is 7.96. The Bertz CT molecular complexity index is 901. The SMILES string of the molecule is CCOc1ccc(/C=C/C(=O)NCc2cn3cc(Br)ccc3n2)cc1. The zero-order valence-electron chi connectivity index (χ0n) is 13.8. The minimum Gasteiger partial charge on any atom is -0.494 e. The van der Waals surface area contributed by atoms with Crippen LogP contribution in [-0.4, -0.2) is 21.9 Å². The molecule has 0 bridgehead atoms. The van der Waals surface area contributed by atoms with Gasteiger partial charge in [0.05, 0.1) is 18.8 Å². The van der Waals surface area contributed by atoms with E-state index in [0.717, 1.165) is 27.1 Å². The lowest BCUT2D eigenvalue weighted by Gasteiger charge is -2.02. The van der Waals surface area contributed by atoms with E-state index in [-0.39, 0.29) is 5.91 Å². The second kappa shape index (κ2) is 7.98. The number of nitrogens with one attached hydrogen (secondary N) is 1. The van der Waals surface area contributed by atoms with Crippen molar-refractivity contribution < 1.29 is 9.53 Å². The molecule has 1 N–H and O–H groups in total. The highest BCUT2D eigenvalue weighted by molar-refractivity contribution is 9.10. The van der Waals surface area contributed by atoms with Crippen LogP contribution in [0.5, 0.6) is 5.75 Å². The zero-order valence-corrected chi connectivity index (χ0v) is 15.4. The highest BCUT2D eigenvalue weighted by Crippen LogP contribution is 2.13. The highest BCUT2D eigenvalue weighted by atomic mass is 79.9. The summed E-state index contributed by atoms with van der Waals surface area (Å²) in [6.45, 7) is 2.96. The molecule has 25 heavy (non-hydrogen) atoms. The molecule has 128 valence electrons. The van der Waals surface area contributed by atoms with Gasteiger partial charge in [-0.05, 0) is 58.8 Å². The van der Waals surface area contributed by atoms with Gasteiger partial charge in [0, 0.05) is 22.9 Å². The number of carbonyl (C=O) groups excluding carboxylic acids is 1. The number of ether oxygens (including phenoxy) is 1. The molecule has 0 saturated carbocycles. The topological polar surface area (TPSA) is 55.6 Å². The number of aromatic nitrogens is 2. The minimum atomic E-state index is -0.160. The van der Waals surface area contributed by atoms with Crippen LogP contribution in [0.1, 0.15) is 18.2 Å². The van der Waals surface area contributed by atoms with Crippen LogP contribution in [-0.2, 0) is 11.3 Å². The van der Waals surface area contributed by atoms with E-state index in [1.165, 1.54) is 6.08 Å². The van der Waals surface area contributed by atoms with Crippen molar-refractivity contribution in [3.8, 4) is 5.75 Å². The van der Waals surface area contributed by atoms with Crippen LogP contribution in [0, 0.1) is 0 Å². The molecule has 1 amide bonds. The van der Waals surface area contributed by atoms with Gasteiger partial charge in [-0.1, -0.05) is 12.1 Å². The number of hydrogen-bond acceptors (Lipinski definition) is 3. The lowest BCUT2D eigenvalue weighted by Crippen LogP contribution is -2.20. The molecule has 0 aliphatic carbocycles. The predicted octanol–water partition coefficient (Wildman–Crippen LogP) is 3.83. The molecule has 1 aromatic carbocycles. The van der Waals surface area contributed by atoms with Gasteiger partial charge in [0.2, 0.25) is 5.91 Å². The fraction of sp³-hybridized carbons (Fsp3) is 0.158. The Hall–Kier alpha value is -2.60. The number of halogens is 1. The number of fused-ring (bicyclic) bond motifs is 1. The molecule has 3 rings (SSSR count). The lowest BCUT2D eigenvalue weighted by atomic mass is 10.2. The molecule has 0 unspecified atom stereocenters. The van der Waals surface area contributed by atoms with Gasteiger partial charge in [-0.15, -0.1) is 0 Å². The van der Waals surface area contributed by atoms with Crippen molar-refractivity contribution in [1.82, 2.24) is 14.7 Å². The van der Waals surface area contributed by atoms with Crippen molar-refractivity contribution in [1.29, 1.82) is 0 Å². The number of benzene rings is 1. The van der Waals surface area contributed by atoms with Crippen molar-refractivity contribution in [3.63, 3.8) is 0 Å². The molecule has 0 radical (unpaired) electrons. The molecule has 2 heterocycles. The smallest absolute Gasteiger partial charge is 0.244 e. The Labute approximate surface area is 154 Å². The minimum absolute atomic E-state index is 0.160. The maximum atomic E-state index is 12.0. The molecule has 0 atom stereocenters. The summed E-state index contributed by atoms with van der Waals surface area (Å²) in [5, 5.41) is 2.84. The third-order valence-corrected chi connectivity index (χ3v) is 4.00. The average Bonchev–Trinajstić information content (AvgIpc) is 3.01. The summed E-state index contributed by atoms with van der Waals surface area (Å²) in [5.41, 5.74) is 2.59. The van der Waals surface area contributed by atoms with E-state index in [1.807, 2.05) is 60.1 Å². The number of pyridine rings is 1. The third kappa shape index (κ3) is 4.70. The summed E-state index contributed by atoms with van der Waals surface area (Å²) >= 11 is 3.42. The van der Waals surface area contributed by atoms with Gasteiger partial charge in [0.1, 0.15) is 11.4 Å². The molecule has 5 nitrogen and oxygen atoms in total. The fourth-order valence-corrected chi connectivity index (χ4v) is 2.71. The van der Waals surface area contributed by atoms with Crippen LogP contribution in [0.3, 0.4) is 0 Å². The number of hydrogen-bond donors (Lipinski definition) is 1. The number of nitrogens with zero attached hydrogens (tertiary/aromatic N) is 2. The van der Waals surface area contributed by atoms with Crippen molar-refractivity contribution >= 4 is 33.6 Å². The normalized spacial score (nSPS) is 11.1. The summed E-state index contributed by atoms with van der Waals surface area (Å²) in [6, 6.07) is 11.4. The molecular formula is C19H18BrN3O2. The molecule has 0 saturated heterocycles. The molecular weight excluding hydrogens is 382 g/mol. The van der Waals surface area contributed by atoms with E-state index in [9.17, 15) is 4.79 Å². The van der Waals surface area contributed by atoms with E-state index in [2.05, 4.69) is 26.2 Å². The van der Waals surface area contributed by atoms with Gasteiger partial charge >= 0.3 is 0 Å². The summed E-state index contributed by atoms with van der Waals surface area (Å²) in [7, 11) is 0. The monoisotopic (exact) mass is 399 g/mol. The molecule has 0 aliphatic heterocycles. The third-order valence-electron chi connectivity index (χ3n) is 3.53. The maximum absolute atomic E-state index is 12.0. The highest BCUT2D eigenvalue weighted by Gasteiger charge is 2.03. The van der Waals surface area contributed by atoms with Crippen LogP contribution in [0.2, 0.25) is 0 Å². The molecule has 2 aromatic heterocycles. The van der Waals surface area contributed by atoms with Gasteiger partial charge in [-0.2, -0.15) is 0 Å².